The van der Waals surface area contributed by atoms with Crippen molar-refractivity contribution < 1.29 is 23.6 Å². The maximum Gasteiger partial charge on any atom is 0.172 e. The molecule has 4 aromatic rings. The van der Waals surface area contributed by atoms with Gasteiger partial charge in [0.05, 0.1) is 28.2 Å². The average Bonchev–Trinajstić information content (AvgIpc) is 3.20. The highest BCUT2D eigenvalue weighted by Gasteiger charge is 2.29. The number of nitrogens with two attached hydrogens (primary N) is 1. The van der Waals surface area contributed by atoms with Crippen molar-refractivity contribution in [1.82, 2.24) is 14.7 Å². The summed E-state index contributed by atoms with van der Waals surface area (Å²) in [6.45, 7) is 3.32. The molecule has 8 nitrogen and oxygen atoms in total. The van der Waals surface area contributed by atoms with Crippen molar-refractivity contribution in [2.75, 3.05) is 0 Å². The molecular formula is C19H15F2N5O3. The van der Waals surface area contributed by atoms with Crippen molar-refractivity contribution in [2.24, 2.45) is 10.9 Å². The Hall–Kier alpha value is -3.95. The average molecular weight is 399 g/mol. The van der Waals surface area contributed by atoms with Gasteiger partial charge in [-0.15, -0.1) is 0 Å². The summed E-state index contributed by atoms with van der Waals surface area (Å²) < 4.78 is 35.5. The van der Waals surface area contributed by atoms with Crippen molar-refractivity contribution in [3.05, 3.63) is 59.1 Å². The first-order chi connectivity index (χ1) is 13.8. The number of phenols is 1. The number of phenolic OH excluding ortho intramolecular Hbond substituents is 1. The predicted octanol–water partition coefficient (Wildman–Crippen LogP) is 3.38. The summed E-state index contributed by atoms with van der Waals surface area (Å²) in [5.41, 5.74) is 7.37. The number of hydrogen-bond donors (Lipinski definition) is 3. The van der Waals surface area contributed by atoms with Crippen LogP contribution in [0.1, 0.15) is 17.0 Å². The number of nitrogens with zero attached hydrogens (tertiary/aromatic N) is 4. The zero-order valence-electron chi connectivity index (χ0n) is 15.3. The quantitative estimate of drug-likeness (QED) is 0.210. The maximum absolute atomic E-state index is 14.8. The summed E-state index contributed by atoms with van der Waals surface area (Å²) in [7, 11) is 0. The summed E-state index contributed by atoms with van der Waals surface area (Å²) in [5, 5.41) is 26.3. The molecule has 0 amide bonds. The molecule has 3 heterocycles. The van der Waals surface area contributed by atoms with E-state index in [1.54, 1.807) is 26.0 Å². The minimum absolute atomic E-state index is 0.226. The molecule has 0 unspecified atom stereocenters. The monoisotopic (exact) mass is 399 g/mol. The van der Waals surface area contributed by atoms with Gasteiger partial charge in [0.25, 0.3) is 0 Å². The Labute approximate surface area is 162 Å². The van der Waals surface area contributed by atoms with Crippen LogP contribution >= 0.6 is 0 Å². The fourth-order valence-corrected chi connectivity index (χ4v) is 3.41. The molecule has 0 saturated carbocycles. The van der Waals surface area contributed by atoms with Gasteiger partial charge in [0.2, 0.25) is 0 Å². The van der Waals surface area contributed by atoms with Gasteiger partial charge in [-0.1, -0.05) is 10.3 Å². The SMILES string of the molecule is Cc1noc(C)c1-c1c(C(N)=NO)c2cccnc2n1-c1cc(F)c(O)cc1F. The van der Waals surface area contributed by atoms with Crippen molar-refractivity contribution in [2.45, 2.75) is 13.8 Å². The van der Waals surface area contributed by atoms with E-state index in [0.29, 0.717) is 28.5 Å². The summed E-state index contributed by atoms with van der Waals surface area (Å²) in [6.07, 6.45) is 1.47. The molecule has 148 valence electrons. The molecule has 0 radical (unpaired) electrons. The van der Waals surface area contributed by atoms with E-state index in [1.807, 2.05) is 0 Å². The summed E-state index contributed by atoms with van der Waals surface area (Å²) >= 11 is 0. The molecule has 0 bridgehead atoms. The van der Waals surface area contributed by atoms with Gasteiger partial charge in [-0.2, -0.15) is 0 Å². The van der Waals surface area contributed by atoms with E-state index in [4.69, 9.17) is 10.3 Å². The topological polar surface area (TPSA) is 123 Å². The first-order valence-corrected chi connectivity index (χ1v) is 8.44. The Morgan fingerprint density at radius 2 is 2.00 bits per heavy atom. The molecule has 4 N–H and O–H groups in total. The van der Waals surface area contributed by atoms with Crippen molar-refractivity contribution in [3.8, 4) is 22.7 Å². The number of aromatic nitrogens is 3. The van der Waals surface area contributed by atoms with E-state index < -0.39 is 17.4 Å². The lowest BCUT2D eigenvalue weighted by molar-refractivity contribution is 0.318. The molecule has 4 rings (SSSR count). The summed E-state index contributed by atoms with van der Waals surface area (Å²) in [4.78, 5) is 4.29. The fraction of sp³-hybridized carbons (Fsp3) is 0.105. The van der Waals surface area contributed by atoms with Crippen molar-refractivity contribution in [3.63, 3.8) is 0 Å². The van der Waals surface area contributed by atoms with Crippen molar-refractivity contribution in [1.29, 1.82) is 0 Å². The molecule has 0 atom stereocenters. The van der Waals surface area contributed by atoms with Crippen LogP contribution in [-0.4, -0.2) is 30.9 Å². The Morgan fingerprint density at radius 1 is 1.24 bits per heavy atom. The third-order valence-electron chi connectivity index (χ3n) is 4.62. The molecule has 0 aliphatic rings. The number of amidine groups is 1. The molecule has 0 spiro atoms. The molecule has 3 aromatic heterocycles. The van der Waals surface area contributed by atoms with Crippen LogP contribution in [0.2, 0.25) is 0 Å². The summed E-state index contributed by atoms with van der Waals surface area (Å²) in [5.74, 6) is -2.61. The number of aromatic hydroxyl groups is 1. The van der Waals surface area contributed by atoms with Gasteiger partial charge in [-0.25, -0.2) is 13.8 Å². The first kappa shape index (κ1) is 18.4. The summed E-state index contributed by atoms with van der Waals surface area (Å²) in [6, 6.07) is 4.80. The van der Waals surface area contributed by atoms with Crippen LogP contribution in [0.3, 0.4) is 0 Å². The van der Waals surface area contributed by atoms with Crippen molar-refractivity contribution >= 4 is 16.9 Å². The van der Waals surface area contributed by atoms with Gasteiger partial charge >= 0.3 is 0 Å². The highest BCUT2D eigenvalue weighted by molar-refractivity contribution is 6.14. The third kappa shape index (κ3) is 2.68. The first-order valence-electron chi connectivity index (χ1n) is 8.44. The van der Waals surface area contributed by atoms with Crippen LogP contribution in [0.15, 0.2) is 40.1 Å². The molecule has 29 heavy (non-hydrogen) atoms. The molecule has 0 saturated heterocycles. The van der Waals surface area contributed by atoms with E-state index in [2.05, 4.69) is 15.3 Å². The van der Waals surface area contributed by atoms with Crippen LogP contribution in [0.25, 0.3) is 28.0 Å². The second-order valence-electron chi connectivity index (χ2n) is 6.37. The van der Waals surface area contributed by atoms with Gasteiger partial charge in [-0.05, 0) is 26.0 Å². The van der Waals surface area contributed by atoms with E-state index in [1.165, 1.54) is 10.8 Å². The number of hydrogen-bond acceptors (Lipinski definition) is 6. The van der Waals surface area contributed by atoms with Crippen LogP contribution in [0, 0.1) is 25.5 Å². The zero-order chi connectivity index (χ0) is 20.9. The lowest BCUT2D eigenvalue weighted by Gasteiger charge is -2.13. The highest BCUT2D eigenvalue weighted by atomic mass is 19.1. The molecule has 10 heteroatoms. The zero-order valence-corrected chi connectivity index (χ0v) is 15.3. The minimum Gasteiger partial charge on any atom is -0.505 e. The number of oxime groups is 1. The molecule has 0 aliphatic heterocycles. The lowest BCUT2D eigenvalue weighted by Crippen LogP contribution is -2.15. The van der Waals surface area contributed by atoms with E-state index in [9.17, 15) is 19.1 Å². The second-order valence-corrected chi connectivity index (χ2v) is 6.37. The van der Waals surface area contributed by atoms with Gasteiger partial charge in [0.1, 0.15) is 11.4 Å². The smallest absolute Gasteiger partial charge is 0.172 e. The Kier molecular flexibility index (Phi) is 4.18. The van der Waals surface area contributed by atoms with Crippen LogP contribution in [0.4, 0.5) is 8.78 Å². The van der Waals surface area contributed by atoms with E-state index >= 15 is 0 Å². The van der Waals surface area contributed by atoms with Crippen LogP contribution in [0.5, 0.6) is 5.75 Å². The van der Waals surface area contributed by atoms with E-state index in [0.717, 1.165) is 6.07 Å². The Morgan fingerprint density at radius 3 is 2.66 bits per heavy atom. The molecular weight excluding hydrogens is 384 g/mol. The van der Waals surface area contributed by atoms with Crippen LogP contribution < -0.4 is 5.73 Å². The van der Waals surface area contributed by atoms with Gasteiger partial charge in [-0.3, -0.25) is 4.57 Å². The normalized spacial score (nSPS) is 12.1. The molecule has 0 fully saturated rings. The number of pyridine rings is 1. The molecule has 0 aliphatic carbocycles. The fourth-order valence-electron chi connectivity index (χ4n) is 3.41. The minimum atomic E-state index is -1.02. The number of fused-ring (bicyclic) bond motifs is 1. The largest absolute Gasteiger partial charge is 0.505 e. The maximum atomic E-state index is 14.8. The standard InChI is InChI=1S/C19H15F2N5O3/c1-8-15(9(2)29-25-8)17-16(18(22)24-28)10-4-3-5-23-19(10)26(17)13-6-12(21)14(27)7-11(13)20/h3-7,27-28H,1-2H3,(H2,22,24). The third-order valence-corrected chi connectivity index (χ3v) is 4.62. The number of benzene rings is 1. The predicted molar refractivity (Wildman–Crippen MR) is 100 cm³/mol. The lowest BCUT2D eigenvalue weighted by atomic mass is 10.0. The Bertz CT molecular complexity index is 1270. The number of halogens is 2. The van der Waals surface area contributed by atoms with Gasteiger partial charge < -0.3 is 20.6 Å². The van der Waals surface area contributed by atoms with Gasteiger partial charge in [0, 0.05) is 23.7 Å². The number of rotatable bonds is 3. The second kappa shape index (κ2) is 6.59. The van der Waals surface area contributed by atoms with Gasteiger partial charge in [0.15, 0.2) is 23.2 Å². The highest BCUT2D eigenvalue weighted by Crippen LogP contribution is 2.39. The van der Waals surface area contributed by atoms with E-state index in [-0.39, 0.29) is 28.4 Å². The van der Waals surface area contributed by atoms with Crippen LogP contribution in [-0.2, 0) is 0 Å². The molecule has 1 aromatic carbocycles. The Balaban J connectivity index is 2.27. The number of aryl methyl sites for hydroxylation is 2.